The first-order valence-corrected chi connectivity index (χ1v) is 4.83. The molecule has 0 spiro atoms. The van der Waals surface area contributed by atoms with Crippen LogP contribution in [0.15, 0.2) is 0 Å². The van der Waals surface area contributed by atoms with Crippen molar-refractivity contribution in [1.82, 2.24) is 0 Å². The molecule has 1 heterocycles. The van der Waals surface area contributed by atoms with Crippen LogP contribution < -0.4 is 0 Å². The maximum atomic E-state index is 2.36. The summed E-state index contributed by atoms with van der Waals surface area (Å²) in [6, 6.07) is 0. The van der Waals surface area contributed by atoms with Crippen molar-refractivity contribution in [3.63, 3.8) is 0 Å². The van der Waals surface area contributed by atoms with Crippen molar-refractivity contribution < 1.29 is 0 Å². The molecule has 1 aliphatic heterocycles. The van der Waals surface area contributed by atoms with Gasteiger partial charge < -0.3 is 0 Å². The van der Waals surface area contributed by atoms with E-state index in [1.807, 2.05) is 0 Å². The first kappa shape index (κ1) is 7.46. The molecule has 0 atom stereocenters. The van der Waals surface area contributed by atoms with Gasteiger partial charge in [0.05, 0.1) is 0 Å². The topological polar surface area (TPSA) is 0 Å². The van der Waals surface area contributed by atoms with Crippen molar-refractivity contribution in [2.75, 3.05) is 5.75 Å². The van der Waals surface area contributed by atoms with Crippen molar-refractivity contribution in [3.05, 3.63) is 0 Å². The Labute approximate surface area is 62.4 Å². The zero-order valence-electron chi connectivity index (χ0n) is 6.44. The van der Waals surface area contributed by atoms with E-state index < -0.39 is 0 Å². The molecular weight excluding hydrogens is 128 g/mol. The molecule has 54 valence electrons. The van der Waals surface area contributed by atoms with Gasteiger partial charge in [-0.1, -0.05) is 26.7 Å². The van der Waals surface area contributed by atoms with Gasteiger partial charge in [0, 0.05) is 4.75 Å². The molecule has 0 aromatic heterocycles. The molecule has 1 fully saturated rings. The second-order valence-corrected chi connectivity index (χ2v) is 5.22. The lowest BCUT2D eigenvalue weighted by Gasteiger charge is -2.20. The van der Waals surface area contributed by atoms with Crippen LogP contribution >= 0.6 is 11.8 Å². The summed E-state index contributed by atoms with van der Waals surface area (Å²) < 4.78 is 0.580. The quantitative estimate of drug-likeness (QED) is 0.503. The van der Waals surface area contributed by atoms with Gasteiger partial charge in [0.2, 0.25) is 0 Å². The van der Waals surface area contributed by atoms with Crippen molar-refractivity contribution in [3.8, 4) is 0 Å². The van der Waals surface area contributed by atoms with E-state index in [-0.39, 0.29) is 0 Å². The normalized spacial score (nSPS) is 27.3. The van der Waals surface area contributed by atoms with Gasteiger partial charge in [0.25, 0.3) is 0 Å². The van der Waals surface area contributed by atoms with E-state index in [2.05, 4.69) is 25.6 Å². The standard InChI is InChI=1S/C8H16S/c1-8(2)6-4-3-5-7-9-8/h3-7H2,1-2H3. The van der Waals surface area contributed by atoms with Gasteiger partial charge in [-0.05, 0) is 18.6 Å². The Morgan fingerprint density at radius 3 is 2.67 bits per heavy atom. The fourth-order valence-corrected chi connectivity index (χ4v) is 2.44. The first-order chi connectivity index (χ1) is 4.21. The second-order valence-electron chi connectivity index (χ2n) is 3.42. The molecule has 1 saturated heterocycles. The fraction of sp³-hybridized carbons (Fsp3) is 1.00. The molecule has 0 bridgehead atoms. The maximum absolute atomic E-state index is 2.36. The average molecular weight is 144 g/mol. The molecule has 0 saturated carbocycles. The molecule has 1 heteroatoms. The third-order valence-electron chi connectivity index (χ3n) is 1.92. The van der Waals surface area contributed by atoms with Gasteiger partial charge >= 0.3 is 0 Å². The van der Waals surface area contributed by atoms with Gasteiger partial charge in [-0.2, -0.15) is 11.8 Å². The molecule has 0 unspecified atom stereocenters. The molecule has 0 amide bonds. The highest BCUT2D eigenvalue weighted by Gasteiger charge is 2.19. The van der Waals surface area contributed by atoms with Crippen LogP contribution in [0.1, 0.15) is 39.5 Å². The summed E-state index contributed by atoms with van der Waals surface area (Å²) in [5.74, 6) is 1.38. The molecule has 9 heavy (non-hydrogen) atoms. The van der Waals surface area contributed by atoms with Crippen LogP contribution in [0.4, 0.5) is 0 Å². The summed E-state index contributed by atoms with van der Waals surface area (Å²) in [5.41, 5.74) is 0. The lowest BCUT2D eigenvalue weighted by atomic mass is 10.1. The van der Waals surface area contributed by atoms with Crippen LogP contribution in [0.5, 0.6) is 0 Å². The Balaban J connectivity index is 2.36. The van der Waals surface area contributed by atoms with Gasteiger partial charge in [-0.25, -0.2) is 0 Å². The van der Waals surface area contributed by atoms with E-state index in [4.69, 9.17) is 0 Å². The minimum absolute atomic E-state index is 0.580. The monoisotopic (exact) mass is 144 g/mol. The van der Waals surface area contributed by atoms with Crippen molar-refractivity contribution >= 4 is 11.8 Å². The lowest BCUT2D eigenvalue weighted by Crippen LogP contribution is -2.12. The van der Waals surface area contributed by atoms with Gasteiger partial charge in [-0.15, -0.1) is 0 Å². The zero-order chi connectivity index (χ0) is 6.74. The van der Waals surface area contributed by atoms with E-state index in [0.29, 0.717) is 4.75 Å². The molecule has 0 N–H and O–H groups in total. The number of hydrogen-bond donors (Lipinski definition) is 0. The summed E-state index contributed by atoms with van der Waals surface area (Å²) in [6.45, 7) is 4.73. The molecule has 0 nitrogen and oxygen atoms in total. The van der Waals surface area contributed by atoms with Crippen LogP contribution in [0.25, 0.3) is 0 Å². The predicted molar refractivity (Wildman–Crippen MR) is 45.0 cm³/mol. The lowest BCUT2D eigenvalue weighted by molar-refractivity contribution is 0.592. The highest BCUT2D eigenvalue weighted by Crippen LogP contribution is 2.33. The fourth-order valence-electron chi connectivity index (χ4n) is 1.25. The highest BCUT2D eigenvalue weighted by atomic mass is 32.2. The Morgan fingerprint density at radius 2 is 1.89 bits per heavy atom. The highest BCUT2D eigenvalue weighted by molar-refractivity contribution is 8.00. The SMILES string of the molecule is CC1(C)CCCCCS1. The van der Waals surface area contributed by atoms with Crippen molar-refractivity contribution in [1.29, 1.82) is 0 Å². The molecule has 0 aliphatic carbocycles. The molecule has 0 radical (unpaired) electrons. The second kappa shape index (κ2) is 2.96. The summed E-state index contributed by atoms with van der Waals surface area (Å²) >= 11 is 2.14. The van der Waals surface area contributed by atoms with E-state index in [0.717, 1.165) is 0 Å². The third kappa shape index (κ3) is 2.61. The van der Waals surface area contributed by atoms with E-state index in [9.17, 15) is 0 Å². The molecular formula is C8H16S. The summed E-state index contributed by atoms with van der Waals surface area (Å²) in [5, 5.41) is 0. The summed E-state index contributed by atoms with van der Waals surface area (Å²) in [7, 11) is 0. The largest absolute Gasteiger partial charge is 0.156 e. The van der Waals surface area contributed by atoms with E-state index in [1.54, 1.807) is 0 Å². The Bertz CT molecular complexity index is 76.6. The smallest absolute Gasteiger partial charge is 0.0103 e. The van der Waals surface area contributed by atoms with Crippen LogP contribution in [-0.4, -0.2) is 10.5 Å². The summed E-state index contributed by atoms with van der Waals surface area (Å²) in [4.78, 5) is 0. The van der Waals surface area contributed by atoms with Gasteiger partial charge in [-0.3, -0.25) is 0 Å². The molecule has 1 aliphatic rings. The van der Waals surface area contributed by atoms with Gasteiger partial charge in [0.15, 0.2) is 0 Å². The molecule has 0 aromatic carbocycles. The van der Waals surface area contributed by atoms with Gasteiger partial charge in [0.1, 0.15) is 0 Å². The third-order valence-corrected chi connectivity index (χ3v) is 3.39. The average Bonchev–Trinajstić information content (AvgIpc) is 1.92. The Morgan fingerprint density at radius 1 is 1.11 bits per heavy atom. The van der Waals surface area contributed by atoms with Crippen molar-refractivity contribution in [2.45, 2.75) is 44.3 Å². The Hall–Kier alpha value is 0.350. The van der Waals surface area contributed by atoms with E-state index in [1.165, 1.54) is 31.4 Å². The number of hydrogen-bond acceptors (Lipinski definition) is 1. The van der Waals surface area contributed by atoms with Crippen LogP contribution in [0.3, 0.4) is 0 Å². The minimum Gasteiger partial charge on any atom is -0.156 e. The number of rotatable bonds is 0. The maximum Gasteiger partial charge on any atom is 0.0103 e. The zero-order valence-corrected chi connectivity index (χ0v) is 7.26. The predicted octanol–water partition coefficient (Wildman–Crippen LogP) is 3.07. The van der Waals surface area contributed by atoms with Crippen molar-refractivity contribution in [2.24, 2.45) is 0 Å². The van der Waals surface area contributed by atoms with Crippen LogP contribution in [-0.2, 0) is 0 Å². The molecule has 1 rings (SSSR count). The van der Waals surface area contributed by atoms with Crippen LogP contribution in [0.2, 0.25) is 0 Å². The molecule has 0 aromatic rings. The van der Waals surface area contributed by atoms with E-state index >= 15 is 0 Å². The van der Waals surface area contributed by atoms with Crippen LogP contribution in [0, 0.1) is 0 Å². The Kier molecular flexibility index (Phi) is 2.45. The first-order valence-electron chi connectivity index (χ1n) is 3.85. The minimum atomic E-state index is 0.580. The number of thioether (sulfide) groups is 1. The summed E-state index contributed by atoms with van der Waals surface area (Å²) in [6.07, 6.45) is 5.75.